The van der Waals surface area contributed by atoms with Gasteiger partial charge in [-0.2, -0.15) is 5.10 Å². The standard InChI is InChI=1S/C23H21Cl3F2N4/c1-15-16(14-29-32(15)23-21(25)9-17(24)10-22(23)26)3-2-4-30-5-7-31(8-6-30)20-12-18(27)11-19(28)13-20/h2-3,9-14H,4-8H2,1H3/b3-2+. The topological polar surface area (TPSA) is 24.3 Å². The zero-order chi connectivity index (χ0) is 22.8. The van der Waals surface area contributed by atoms with Gasteiger partial charge in [0.1, 0.15) is 17.3 Å². The van der Waals surface area contributed by atoms with E-state index in [0.717, 1.165) is 37.0 Å². The molecule has 2 aromatic carbocycles. The highest BCUT2D eigenvalue weighted by molar-refractivity contribution is 6.40. The lowest BCUT2D eigenvalue weighted by molar-refractivity contribution is 0.284. The minimum Gasteiger partial charge on any atom is -0.369 e. The molecule has 3 aromatic rings. The highest BCUT2D eigenvalue weighted by Gasteiger charge is 2.18. The number of rotatable bonds is 5. The molecule has 2 heterocycles. The van der Waals surface area contributed by atoms with Gasteiger partial charge in [-0.1, -0.05) is 47.0 Å². The van der Waals surface area contributed by atoms with Crippen molar-refractivity contribution >= 4 is 46.6 Å². The Bertz CT molecular complexity index is 1110. The molecule has 1 aliphatic heterocycles. The molecule has 0 unspecified atom stereocenters. The minimum absolute atomic E-state index is 0.431. The third kappa shape index (κ3) is 5.09. The van der Waals surface area contributed by atoms with Crippen molar-refractivity contribution < 1.29 is 8.78 Å². The van der Waals surface area contributed by atoms with Crippen molar-refractivity contribution in [1.29, 1.82) is 0 Å². The first kappa shape index (κ1) is 23.1. The maximum Gasteiger partial charge on any atom is 0.128 e. The van der Waals surface area contributed by atoms with Crippen LogP contribution in [0.1, 0.15) is 11.3 Å². The Kier molecular flexibility index (Phi) is 7.05. The van der Waals surface area contributed by atoms with Crippen LogP contribution < -0.4 is 4.90 Å². The van der Waals surface area contributed by atoms with Crippen LogP contribution in [0.5, 0.6) is 0 Å². The van der Waals surface area contributed by atoms with Crippen LogP contribution >= 0.6 is 34.8 Å². The van der Waals surface area contributed by atoms with Gasteiger partial charge in [0.2, 0.25) is 0 Å². The van der Waals surface area contributed by atoms with E-state index in [4.69, 9.17) is 34.8 Å². The number of benzene rings is 2. The maximum absolute atomic E-state index is 13.5. The summed E-state index contributed by atoms with van der Waals surface area (Å²) in [5, 5.41) is 5.76. The van der Waals surface area contributed by atoms with Gasteiger partial charge in [-0.25, -0.2) is 13.5 Å². The minimum atomic E-state index is -0.553. The van der Waals surface area contributed by atoms with Crippen LogP contribution in [0.15, 0.2) is 42.6 Å². The lowest BCUT2D eigenvalue weighted by Gasteiger charge is -2.35. The Morgan fingerprint density at radius 1 is 0.938 bits per heavy atom. The normalized spacial score (nSPS) is 15.1. The van der Waals surface area contributed by atoms with Crippen LogP contribution in [0.3, 0.4) is 0 Å². The summed E-state index contributed by atoms with van der Waals surface area (Å²) in [6.07, 6.45) is 5.87. The van der Waals surface area contributed by atoms with Crippen molar-refractivity contribution in [1.82, 2.24) is 14.7 Å². The molecule has 0 bridgehead atoms. The number of hydrogen-bond acceptors (Lipinski definition) is 3. The lowest BCUT2D eigenvalue weighted by Crippen LogP contribution is -2.46. The van der Waals surface area contributed by atoms with E-state index in [0.29, 0.717) is 39.5 Å². The summed E-state index contributed by atoms with van der Waals surface area (Å²) in [5.41, 5.74) is 3.05. The van der Waals surface area contributed by atoms with Crippen molar-refractivity contribution in [2.24, 2.45) is 0 Å². The Morgan fingerprint density at radius 3 is 2.19 bits per heavy atom. The molecule has 0 amide bonds. The molecule has 1 fully saturated rings. The van der Waals surface area contributed by atoms with Gasteiger partial charge in [-0.3, -0.25) is 4.90 Å². The van der Waals surface area contributed by atoms with E-state index in [1.165, 1.54) is 12.1 Å². The van der Waals surface area contributed by atoms with Crippen molar-refractivity contribution in [3.05, 3.63) is 80.6 Å². The summed E-state index contributed by atoms with van der Waals surface area (Å²) in [5.74, 6) is -1.11. The predicted molar refractivity (Wildman–Crippen MR) is 127 cm³/mol. The third-order valence-electron chi connectivity index (χ3n) is 5.49. The Balaban J connectivity index is 1.38. The molecule has 0 atom stereocenters. The second-order valence-corrected chi connectivity index (χ2v) is 8.88. The number of nitrogens with zero attached hydrogens (tertiary/aromatic N) is 4. The molecule has 32 heavy (non-hydrogen) atoms. The van der Waals surface area contributed by atoms with E-state index < -0.39 is 11.6 Å². The van der Waals surface area contributed by atoms with Crippen LogP contribution in [0.25, 0.3) is 11.8 Å². The molecule has 0 N–H and O–H groups in total. The van der Waals surface area contributed by atoms with Crippen molar-refractivity contribution in [3.63, 3.8) is 0 Å². The van der Waals surface area contributed by atoms with Gasteiger partial charge in [0.25, 0.3) is 0 Å². The highest BCUT2D eigenvalue weighted by Crippen LogP contribution is 2.33. The molecule has 1 saturated heterocycles. The molecule has 0 aliphatic carbocycles. The van der Waals surface area contributed by atoms with E-state index in [1.54, 1.807) is 23.0 Å². The molecular weight excluding hydrogens is 477 g/mol. The molecule has 4 rings (SSSR count). The Hall–Kier alpha value is -2.12. The summed E-state index contributed by atoms with van der Waals surface area (Å²) < 4.78 is 28.7. The molecule has 1 aromatic heterocycles. The van der Waals surface area contributed by atoms with E-state index in [2.05, 4.69) is 16.1 Å². The molecule has 1 aliphatic rings. The predicted octanol–water partition coefficient (Wildman–Crippen LogP) is 6.25. The summed E-state index contributed by atoms with van der Waals surface area (Å²) in [6, 6.07) is 6.91. The monoisotopic (exact) mass is 496 g/mol. The molecule has 4 nitrogen and oxygen atoms in total. The average molecular weight is 498 g/mol. The second-order valence-electron chi connectivity index (χ2n) is 7.63. The molecule has 9 heteroatoms. The van der Waals surface area contributed by atoms with Gasteiger partial charge in [-0.05, 0) is 31.2 Å². The fourth-order valence-corrected chi connectivity index (χ4v) is 4.76. The van der Waals surface area contributed by atoms with E-state index in [1.807, 2.05) is 17.9 Å². The molecule has 0 saturated carbocycles. The Morgan fingerprint density at radius 2 is 1.56 bits per heavy atom. The number of aromatic nitrogens is 2. The fourth-order valence-electron chi connectivity index (χ4n) is 3.79. The fraction of sp³-hybridized carbons (Fsp3) is 0.261. The van der Waals surface area contributed by atoms with Gasteiger partial charge in [0.15, 0.2) is 0 Å². The van der Waals surface area contributed by atoms with Gasteiger partial charge < -0.3 is 4.90 Å². The van der Waals surface area contributed by atoms with Crippen molar-refractivity contribution in [3.8, 4) is 5.69 Å². The number of piperazine rings is 1. The van der Waals surface area contributed by atoms with E-state index in [9.17, 15) is 8.78 Å². The zero-order valence-electron chi connectivity index (χ0n) is 17.3. The van der Waals surface area contributed by atoms with Gasteiger partial charge in [-0.15, -0.1) is 0 Å². The van der Waals surface area contributed by atoms with Gasteiger partial charge >= 0.3 is 0 Å². The van der Waals surface area contributed by atoms with Crippen LogP contribution in [0.4, 0.5) is 14.5 Å². The first-order chi connectivity index (χ1) is 15.3. The first-order valence-corrected chi connectivity index (χ1v) is 11.2. The lowest BCUT2D eigenvalue weighted by atomic mass is 10.2. The highest BCUT2D eigenvalue weighted by atomic mass is 35.5. The number of halogens is 5. The smallest absolute Gasteiger partial charge is 0.128 e. The summed E-state index contributed by atoms with van der Waals surface area (Å²) >= 11 is 18.7. The number of hydrogen-bond donors (Lipinski definition) is 0. The SMILES string of the molecule is Cc1c(/C=C/CN2CCN(c3cc(F)cc(F)c3)CC2)cnn1-c1c(Cl)cc(Cl)cc1Cl. The number of anilines is 1. The first-order valence-electron chi connectivity index (χ1n) is 10.1. The second kappa shape index (κ2) is 9.79. The van der Waals surface area contributed by atoms with E-state index in [-0.39, 0.29) is 0 Å². The quantitative estimate of drug-likeness (QED) is 0.416. The summed E-state index contributed by atoms with van der Waals surface area (Å²) in [4.78, 5) is 4.29. The average Bonchev–Trinajstić information content (AvgIpc) is 3.07. The largest absolute Gasteiger partial charge is 0.369 e. The summed E-state index contributed by atoms with van der Waals surface area (Å²) in [6.45, 7) is 5.74. The van der Waals surface area contributed by atoms with Crippen molar-refractivity contribution in [2.75, 3.05) is 37.6 Å². The molecular formula is C23H21Cl3F2N4. The van der Waals surface area contributed by atoms with Gasteiger partial charge in [0.05, 0.1) is 16.2 Å². The zero-order valence-corrected chi connectivity index (χ0v) is 19.6. The van der Waals surface area contributed by atoms with Crippen LogP contribution in [-0.4, -0.2) is 47.4 Å². The van der Waals surface area contributed by atoms with Crippen LogP contribution in [0, 0.1) is 18.6 Å². The van der Waals surface area contributed by atoms with Crippen molar-refractivity contribution in [2.45, 2.75) is 6.92 Å². The Labute approximate surface area is 200 Å². The van der Waals surface area contributed by atoms with E-state index >= 15 is 0 Å². The molecule has 0 spiro atoms. The molecule has 168 valence electrons. The third-order valence-corrected chi connectivity index (χ3v) is 6.28. The summed E-state index contributed by atoms with van der Waals surface area (Å²) in [7, 11) is 0. The maximum atomic E-state index is 13.5. The van der Waals surface area contributed by atoms with Crippen LogP contribution in [0.2, 0.25) is 15.1 Å². The van der Waals surface area contributed by atoms with Gasteiger partial charge in [0, 0.05) is 60.8 Å². The van der Waals surface area contributed by atoms with Crippen LogP contribution in [-0.2, 0) is 0 Å². The molecule has 0 radical (unpaired) electrons.